The summed E-state index contributed by atoms with van der Waals surface area (Å²) in [7, 11) is 0. The van der Waals surface area contributed by atoms with E-state index in [4.69, 9.17) is 0 Å². The fraction of sp³-hybridized carbons (Fsp3) is 0.263. The third kappa shape index (κ3) is 3.74. The standard InChI is InChI=1S/C19H19N3O3/c1-13-5-6-14(16-4-2-3-9-20-16)10-15(13)11-22(12-23)17-7-8-18(24)21-19(17)25/h2-6,9-10,12,17H,7-8,11H2,1H3,(H,21,24,25). The maximum atomic E-state index is 12.0. The molecule has 1 N–H and O–H groups in total. The number of aromatic nitrogens is 1. The zero-order valence-corrected chi connectivity index (χ0v) is 13.9. The number of hydrogen-bond acceptors (Lipinski definition) is 4. The van der Waals surface area contributed by atoms with Crippen LogP contribution in [0.2, 0.25) is 0 Å². The van der Waals surface area contributed by atoms with Gasteiger partial charge < -0.3 is 4.90 Å². The number of carbonyl (C=O) groups is 3. The van der Waals surface area contributed by atoms with E-state index in [1.165, 1.54) is 4.90 Å². The van der Waals surface area contributed by atoms with Gasteiger partial charge in [0.25, 0.3) is 0 Å². The van der Waals surface area contributed by atoms with Crippen LogP contribution in [0.1, 0.15) is 24.0 Å². The van der Waals surface area contributed by atoms with E-state index >= 15 is 0 Å². The first kappa shape index (κ1) is 16.8. The molecule has 25 heavy (non-hydrogen) atoms. The molecule has 1 aliphatic rings. The minimum Gasteiger partial charge on any atom is -0.329 e. The molecule has 128 valence electrons. The largest absolute Gasteiger partial charge is 0.329 e. The normalized spacial score (nSPS) is 17.1. The molecule has 1 saturated heterocycles. The predicted molar refractivity (Wildman–Crippen MR) is 92.2 cm³/mol. The van der Waals surface area contributed by atoms with Gasteiger partial charge in [-0.25, -0.2) is 0 Å². The third-order valence-electron chi connectivity index (χ3n) is 4.41. The molecule has 3 rings (SSSR count). The van der Waals surface area contributed by atoms with Crippen LogP contribution in [0.3, 0.4) is 0 Å². The molecule has 0 aliphatic carbocycles. The molecule has 0 bridgehead atoms. The van der Waals surface area contributed by atoms with Crippen molar-refractivity contribution in [3.8, 4) is 11.3 Å². The summed E-state index contributed by atoms with van der Waals surface area (Å²) < 4.78 is 0. The van der Waals surface area contributed by atoms with Crippen LogP contribution in [0.5, 0.6) is 0 Å². The van der Waals surface area contributed by atoms with Gasteiger partial charge in [0.15, 0.2) is 0 Å². The summed E-state index contributed by atoms with van der Waals surface area (Å²) in [5.74, 6) is -0.706. The average molecular weight is 337 g/mol. The van der Waals surface area contributed by atoms with Crippen molar-refractivity contribution in [1.82, 2.24) is 15.2 Å². The zero-order valence-electron chi connectivity index (χ0n) is 13.9. The number of hydrogen-bond donors (Lipinski definition) is 1. The number of nitrogens with one attached hydrogen (secondary N) is 1. The van der Waals surface area contributed by atoms with Gasteiger partial charge in [-0.15, -0.1) is 0 Å². The molecule has 1 aliphatic heterocycles. The Morgan fingerprint density at radius 2 is 2.12 bits per heavy atom. The highest BCUT2D eigenvalue weighted by molar-refractivity contribution is 6.00. The first-order valence-electron chi connectivity index (χ1n) is 8.14. The van der Waals surface area contributed by atoms with Crippen LogP contribution in [0.25, 0.3) is 11.3 Å². The van der Waals surface area contributed by atoms with Crippen molar-refractivity contribution in [1.29, 1.82) is 0 Å². The van der Waals surface area contributed by atoms with Crippen molar-refractivity contribution in [2.24, 2.45) is 0 Å². The van der Waals surface area contributed by atoms with Crippen molar-refractivity contribution < 1.29 is 14.4 Å². The van der Waals surface area contributed by atoms with E-state index in [0.29, 0.717) is 19.4 Å². The number of imide groups is 1. The minimum atomic E-state index is -0.617. The molecule has 1 aromatic heterocycles. The fourth-order valence-corrected chi connectivity index (χ4v) is 2.95. The van der Waals surface area contributed by atoms with Crippen molar-refractivity contribution in [2.75, 3.05) is 0 Å². The van der Waals surface area contributed by atoms with E-state index < -0.39 is 11.9 Å². The molecule has 1 unspecified atom stereocenters. The molecule has 2 aromatic rings. The Hall–Kier alpha value is -3.02. The highest BCUT2D eigenvalue weighted by atomic mass is 16.2. The number of piperidine rings is 1. The Kier molecular flexibility index (Phi) is 4.88. The number of amides is 3. The maximum Gasteiger partial charge on any atom is 0.249 e. The van der Waals surface area contributed by atoms with E-state index in [9.17, 15) is 14.4 Å². The number of benzene rings is 1. The topological polar surface area (TPSA) is 79.4 Å². The molecule has 6 heteroatoms. The molecule has 1 aromatic carbocycles. The SMILES string of the molecule is Cc1ccc(-c2ccccn2)cc1CN(C=O)C1CCC(=O)NC1=O. The van der Waals surface area contributed by atoms with Crippen LogP contribution < -0.4 is 5.32 Å². The molecule has 0 saturated carbocycles. The van der Waals surface area contributed by atoms with Crippen molar-refractivity contribution in [3.63, 3.8) is 0 Å². The van der Waals surface area contributed by atoms with E-state index in [0.717, 1.165) is 22.4 Å². The Morgan fingerprint density at radius 1 is 1.28 bits per heavy atom. The van der Waals surface area contributed by atoms with Crippen LogP contribution in [0, 0.1) is 6.92 Å². The first-order valence-corrected chi connectivity index (χ1v) is 8.14. The molecule has 3 amide bonds. The summed E-state index contributed by atoms with van der Waals surface area (Å²) in [4.78, 5) is 40.7. The zero-order chi connectivity index (χ0) is 17.8. The molecule has 2 heterocycles. The van der Waals surface area contributed by atoms with Crippen LogP contribution in [-0.2, 0) is 20.9 Å². The summed E-state index contributed by atoms with van der Waals surface area (Å²) in [6, 6.07) is 11.0. The summed E-state index contributed by atoms with van der Waals surface area (Å²) in [6.45, 7) is 2.27. The van der Waals surface area contributed by atoms with Gasteiger partial charge in [-0.3, -0.25) is 24.7 Å². The van der Waals surface area contributed by atoms with Crippen LogP contribution in [0.4, 0.5) is 0 Å². The van der Waals surface area contributed by atoms with Crippen molar-refractivity contribution in [2.45, 2.75) is 32.4 Å². The summed E-state index contributed by atoms with van der Waals surface area (Å²) in [6.07, 6.45) is 3.00. The lowest BCUT2D eigenvalue weighted by atomic mass is 10.00. The van der Waals surface area contributed by atoms with Gasteiger partial charge in [-0.1, -0.05) is 18.2 Å². The fourth-order valence-electron chi connectivity index (χ4n) is 2.95. The van der Waals surface area contributed by atoms with Gasteiger partial charge in [0.2, 0.25) is 18.2 Å². The van der Waals surface area contributed by atoms with Gasteiger partial charge in [-0.2, -0.15) is 0 Å². The Bertz CT molecular complexity index is 805. The molecular weight excluding hydrogens is 318 g/mol. The van der Waals surface area contributed by atoms with Gasteiger partial charge in [0, 0.05) is 24.7 Å². The number of carbonyl (C=O) groups excluding carboxylic acids is 3. The molecule has 6 nitrogen and oxygen atoms in total. The smallest absolute Gasteiger partial charge is 0.249 e. The van der Waals surface area contributed by atoms with Crippen molar-refractivity contribution in [3.05, 3.63) is 53.7 Å². The monoisotopic (exact) mass is 337 g/mol. The van der Waals surface area contributed by atoms with Gasteiger partial charge in [0.05, 0.1) is 5.69 Å². The highest BCUT2D eigenvalue weighted by Gasteiger charge is 2.31. The van der Waals surface area contributed by atoms with Gasteiger partial charge >= 0.3 is 0 Å². The summed E-state index contributed by atoms with van der Waals surface area (Å²) >= 11 is 0. The second kappa shape index (κ2) is 7.25. The van der Waals surface area contributed by atoms with E-state index in [1.54, 1.807) is 6.20 Å². The second-order valence-electron chi connectivity index (χ2n) is 6.10. The number of pyridine rings is 1. The predicted octanol–water partition coefficient (Wildman–Crippen LogP) is 1.82. The first-order chi connectivity index (χ1) is 12.1. The van der Waals surface area contributed by atoms with Crippen LogP contribution in [0.15, 0.2) is 42.6 Å². The number of rotatable bonds is 5. The highest BCUT2D eigenvalue weighted by Crippen LogP contribution is 2.23. The molecule has 0 radical (unpaired) electrons. The summed E-state index contributed by atoms with van der Waals surface area (Å²) in [5, 5.41) is 2.29. The average Bonchev–Trinajstić information content (AvgIpc) is 2.62. The quantitative estimate of drug-likeness (QED) is 0.667. The van der Waals surface area contributed by atoms with Gasteiger partial charge in [0.1, 0.15) is 6.04 Å². The lowest BCUT2D eigenvalue weighted by molar-refractivity contribution is -0.141. The Morgan fingerprint density at radius 3 is 2.80 bits per heavy atom. The third-order valence-corrected chi connectivity index (χ3v) is 4.41. The minimum absolute atomic E-state index is 0.244. The lowest BCUT2D eigenvalue weighted by Gasteiger charge is -2.30. The van der Waals surface area contributed by atoms with Gasteiger partial charge in [-0.05, 0) is 42.7 Å². The lowest BCUT2D eigenvalue weighted by Crippen LogP contribution is -2.51. The molecular formula is C19H19N3O3. The molecule has 0 spiro atoms. The van der Waals surface area contributed by atoms with E-state index in [2.05, 4.69) is 10.3 Å². The van der Waals surface area contributed by atoms with Crippen LogP contribution >= 0.6 is 0 Å². The second-order valence-corrected chi connectivity index (χ2v) is 6.10. The number of nitrogens with zero attached hydrogens (tertiary/aromatic N) is 2. The van der Waals surface area contributed by atoms with Crippen molar-refractivity contribution >= 4 is 18.2 Å². The molecule has 1 atom stereocenters. The molecule has 1 fully saturated rings. The van der Waals surface area contributed by atoms with E-state index in [1.807, 2.05) is 43.3 Å². The Balaban J connectivity index is 1.84. The van der Waals surface area contributed by atoms with Crippen LogP contribution in [-0.4, -0.2) is 34.2 Å². The van der Waals surface area contributed by atoms with E-state index in [-0.39, 0.29) is 12.3 Å². The summed E-state index contributed by atoms with van der Waals surface area (Å²) in [5.41, 5.74) is 3.77. The maximum absolute atomic E-state index is 12.0. The number of aryl methyl sites for hydroxylation is 1. The Labute approximate surface area is 145 Å².